The minimum atomic E-state index is 0.210. The number of aromatic nitrogens is 1. The van der Waals surface area contributed by atoms with Gasteiger partial charge >= 0.3 is 0 Å². The standard InChI is InChI=1S/C17H22N2OS/c1-4-19(12-13(2)3)17(20)11-7-10-16-18-14-8-5-6-9-15(14)21-16/h5-6,8-9H,2,4,7,10-12H2,1,3H3. The number of rotatable bonds is 7. The van der Waals surface area contributed by atoms with Crippen LogP contribution in [0.15, 0.2) is 36.4 Å². The number of fused-ring (bicyclic) bond motifs is 1. The summed E-state index contributed by atoms with van der Waals surface area (Å²) in [5.41, 5.74) is 2.08. The highest BCUT2D eigenvalue weighted by Gasteiger charge is 2.11. The van der Waals surface area contributed by atoms with E-state index in [1.54, 1.807) is 11.3 Å². The Bertz CT molecular complexity index is 600. The molecule has 0 fully saturated rings. The van der Waals surface area contributed by atoms with Crippen LogP contribution in [0, 0.1) is 0 Å². The molecule has 112 valence electrons. The SMILES string of the molecule is C=C(C)CN(CC)C(=O)CCCc1nc2ccccc2s1. The van der Waals surface area contributed by atoms with Gasteiger partial charge < -0.3 is 4.90 Å². The molecule has 0 bridgehead atoms. The monoisotopic (exact) mass is 302 g/mol. The lowest BCUT2D eigenvalue weighted by atomic mass is 10.2. The average Bonchev–Trinajstić information content (AvgIpc) is 2.86. The van der Waals surface area contributed by atoms with Gasteiger partial charge in [0.1, 0.15) is 0 Å². The van der Waals surface area contributed by atoms with Crippen molar-refractivity contribution in [2.45, 2.75) is 33.1 Å². The van der Waals surface area contributed by atoms with E-state index in [-0.39, 0.29) is 5.91 Å². The highest BCUT2D eigenvalue weighted by molar-refractivity contribution is 7.18. The van der Waals surface area contributed by atoms with Gasteiger partial charge in [-0.25, -0.2) is 4.98 Å². The summed E-state index contributed by atoms with van der Waals surface area (Å²) in [5.74, 6) is 0.210. The zero-order valence-electron chi connectivity index (χ0n) is 12.8. The van der Waals surface area contributed by atoms with E-state index in [4.69, 9.17) is 0 Å². The smallest absolute Gasteiger partial charge is 0.222 e. The van der Waals surface area contributed by atoms with Crippen LogP contribution in [0.2, 0.25) is 0 Å². The highest BCUT2D eigenvalue weighted by Crippen LogP contribution is 2.22. The maximum Gasteiger partial charge on any atom is 0.222 e. The summed E-state index contributed by atoms with van der Waals surface area (Å²) in [6, 6.07) is 8.16. The number of amides is 1. The molecule has 1 aromatic carbocycles. The second kappa shape index (κ2) is 7.36. The number of carbonyl (C=O) groups excluding carboxylic acids is 1. The lowest BCUT2D eigenvalue weighted by Gasteiger charge is -2.20. The number of para-hydroxylation sites is 1. The fourth-order valence-corrected chi connectivity index (χ4v) is 3.29. The normalized spacial score (nSPS) is 10.8. The van der Waals surface area contributed by atoms with Crippen molar-refractivity contribution in [1.29, 1.82) is 0 Å². The number of nitrogens with zero attached hydrogens (tertiary/aromatic N) is 2. The first kappa shape index (κ1) is 15.7. The van der Waals surface area contributed by atoms with Crippen molar-refractivity contribution in [2.75, 3.05) is 13.1 Å². The Morgan fingerprint density at radius 2 is 2.14 bits per heavy atom. The minimum absolute atomic E-state index is 0.210. The molecule has 0 N–H and O–H groups in total. The van der Waals surface area contributed by atoms with Gasteiger partial charge in [-0.2, -0.15) is 0 Å². The maximum absolute atomic E-state index is 12.1. The van der Waals surface area contributed by atoms with E-state index in [1.165, 1.54) is 4.70 Å². The number of likely N-dealkylation sites (N-methyl/N-ethyl adjacent to an activating group) is 1. The van der Waals surface area contributed by atoms with E-state index in [2.05, 4.69) is 17.6 Å². The van der Waals surface area contributed by atoms with Gasteiger partial charge in [-0.3, -0.25) is 4.79 Å². The fraction of sp³-hybridized carbons (Fsp3) is 0.412. The molecule has 0 aliphatic heterocycles. The second-order valence-corrected chi connectivity index (χ2v) is 6.41. The Labute approximate surface area is 130 Å². The number of aryl methyl sites for hydroxylation is 1. The van der Waals surface area contributed by atoms with Gasteiger partial charge in [-0.05, 0) is 38.8 Å². The van der Waals surface area contributed by atoms with Crippen molar-refractivity contribution in [2.24, 2.45) is 0 Å². The molecule has 2 rings (SSSR count). The molecule has 2 aromatic rings. The Kier molecular flexibility index (Phi) is 5.51. The molecule has 1 amide bonds. The van der Waals surface area contributed by atoms with E-state index in [0.29, 0.717) is 13.0 Å². The molecule has 1 aromatic heterocycles. The van der Waals surface area contributed by atoms with E-state index in [9.17, 15) is 4.79 Å². The number of thiazole rings is 1. The van der Waals surface area contributed by atoms with Crippen LogP contribution in [0.5, 0.6) is 0 Å². The molecule has 0 atom stereocenters. The Hall–Kier alpha value is -1.68. The van der Waals surface area contributed by atoms with Crippen LogP contribution in [-0.4, -0.2) is 28.9 Å². The molecule has 1 heterocycles. The van der Waals surface area contributed by atoms with Crippen molar-refractivity contribution in [1.82, 2.24) is 9.88 Å². The molecular weight excluding hydrogens is 280 g/mol. The molecule has 0 unspecified atom stereocenters. The quantitative estimate of drug-likeness (QED) is 0.723. The molecular formula is C17H22N2OS. The molecule has 0 aliphatic carbocycles. The van der Waals surface area contributed by atoms with Crippen LogP contribution in [0.25, 0.3) is 10.2 Å². The predicted octanol–water partition coefficient (Wildman–Crippen LogP) is 4.04. The third-order valence-corrected chi connectivity index (χ3v) is 4.41. The summed E-state index contributed by atoms with van der Waals surface area (Å²) >= 11 is 1.72. The third kappa shape index (κ3) is 4.39. The first-order valence-corrected chi connectivity index (χ1v) is 8.18. The van der Waals surface area contributed by atoms with Crippen molar-refractivity contribution < 1.29 is 4.79 Å². The summed E-state index contributed by atoms with van der Waals surface area (Å²) in [6.45, 7) is 9.25. The summed E-state index contributed by atoms with van der Waals surface area (Å²) in [7, 11) is 0. The predicted molar refractivity (Wildman–Crippen MR) is 89.6 cm³/mol. The van der Waals surface area contributed by atoms with Crippen LogP contribution in [-0.2, 0) is 11.2 Å². The number of hydrogen-bond donors (Lipinski definition) is 0. The highest BCUT2D eigenvalue weighted by atomic mass is 32.1. The summed E-state index contributed by atoms with van der Waals surface area (Å²) in [5, 5.41) is 1.12. The summed E-state index contributed by atoms with van der Waals surface area (Å²) in [4.78, 5) is 18.6. The average molecular weight is 302 g/mol. The van der Waals surface area contributed by atoms with Crippen LogP contribution in [0.1, 0.15) is 31.7 Å². The van der Waals surface area contributed by atoms with Gasteiger partial charge in [-0.15, -0.1) is 11.3 Å². The minimum Gasteiger partial charge on any atom is -0.339 e. The van der Waals surface area contributed by atoms with Crippen molar-refractivity contribution in [3.63, 3.8) is 0 Å². The zero-order chi connectivity index (χ0) is 15.2. The maximum atomic E-state index is 12.1. The lowest BCUT2D eigenvalue weighted by Crippen LogP contribution is -2.31. The molecule has 0 radical (unpaired) electrons. The topological polar surface area (TPSA) is 33.2 Å². The lowest BCUT2D eigenvalue weighted by molar-refractivity contribution is -0.130. The van der Waals surface area contributed by atoms with Crippen LogP contribution >= 0.6 is 11.3 Å². The van der Waals surface area contributed by atoms with Crippen molar-refractivity contribution in [3.05, 3.63) is 41.4 Å². The molecule has 0 saturated heterocycles. The number of hydrogen-bond acceptors (Lipinski definition) is 3. The zero-order valence-corrected chi connectivity index (χ0v) is 13.6. The Morgan fingerprint density at radius 3 is 2.81 bits per heavy atom. The van der Waals surface area contributed by atoms with E-state index in [1.807, 2.05) is 36.9 Å². The summed E-state index contributed by atoms with van der Waals surface area (Å²) in [6.07, 6.45) is 2.30. The van der Waals surface area contributed by atoms with Gasteiger partial charge in [0.2, 0.25) is 5.91 Å². The van der Waals surface area contributed by atoms with Gasteiger partial charge in [-0.1, -0.05) is 24.3 Å². The van der Waals surface area contributed by atoms with Gasteiger partial charge in [0.15, 0.2) is 0 Å². The van der Waals surface area contributed by atoms with Gasteiger partial charge in [0, 0.05) is 19.5 Å². The van der Waals surface area contributed by atoms with Crippen molar-refractivity contribution in [3.8, 4) is 0 Å². The van der Waals surface area contributed by atoms with E-state index >= 15 is 0 Å². The van der Waals surface area contributed by atoms with E-state index in [0.717, 1.165) is 35.5 Å². The molecule has 0 aliphatic rings. The van der Waals surface area contributed by atoms with Crippen LogP contribution < -0.4 is 0 Å². The molecule has 0 saturated carbocycles. The largest absolute Gasteiger partial charge is 0.339 e. The number of carbonyl (C=O) groups is 1. The number of benzene rings is 1. The summed E-state index contributed by atoms with van der Waals surface area (Å²) < 4.78 is 1.22. The molecule has 0 spiro atoms. The fourth-order valence-electron chi connectivity index (χ4n) is 2.28. The Morgan fingerprint density at radius 1 is 1.38 bits per heavy atom. The van der Waals surface area contributed by atoms with E-state index < -0.39 is 0 Å². The molecule has 21 heavy (non-hydrogen) atoms. The first-order valence-electron chi connectivity index (χ1n) is 7.36. The molecule has 4 heteroatoms. The Balaban J connectivity index is 1.85. The molecule has 3 nitrogen and oxygen atoms in total. The van der Waals surface area contributed by atoms with Gasteiger partial charge in [0.05, 0.1) is 15.2 Å². The first-order chi connectivity index (χ1) is 10.1. The van der Waals surface area contributed by atoms with Crippen LogP contribution in [0.3, 0.4) is 0 Å². The van der Waals surface area contributed by atoms with Crippen molar-refractivity contribution >= 4 is 27.5 Å². The van der Waals surface area contributed by atoms with Crippen LogP contribution in [0.4, 0.5) is 0 Å². The second-order valence-electron chi connectivity index (χ2n) is 5.29. The third-order valence-electron chi connectivity index (χ3n) is 3.31. The van der Waals surface area contributed by atoms with Gasteiger partial charge in [0.25, 0.3) is 0 Å².